The number of ether oxygens (including phenoxy) is 1. The van der Waals surface area contributed by atoms with Gasteiger partial charge in [-0.3, -0.25) is 0 Å². The zero-order valence-corrected chi connectivity index (χ0v) is 6.86. The second-order valence-corrected chi connectivity index (χ2v) is 2.58. The average Bonchev–Trinajstić information content (AvgIpc) is 1.98. The lowest BCUT2D eigenvalue weighted by Crippen LogP contribution is -1.80. The minimum Gasteiger partial charge on any atom is -0.388 e. The third-order valence-corrected chi connectivity index (χ3v) is 1.79. The Kier molecular flexibility index (Phi) is 2.58. The van der Waals surface area contributed by atoms with Crippen molar-refractivity contribution in [1.29, 1.82) is 5.26 Å². The molecule has 0 bridgehead atoms. The Balaban J connectivity index is 2.98. The zero-order valence-electron chi connectivity index (χ0n) is 5.34. The lowest BCUT2D eigenvalue weighted by Gasteiger charge is -1.96. The van der Waals surface area contributed by atoms with Crippen LogP contribution in [0.25, 0.3) is 0 Å². The molecule has 0 saturated carbocycles. The summed E-state index contributed by atoms with van der Waals surface area (Å²) >= 11 is 11.2. The summed E-state index contributed by atoms with van der Waals surface area (Å²) < 4.78 is 4.50. The highest BCUT2D eigenvalue weighted by atomic mass is 35.5. The number of nitriles is 1. The first kappa shape index (κ1) is 8.19. The number of nitrogens with zero attached hydrogens (tertiary/aromatic N) is 1. The van der Waals surface area contributed by atoms with Crippen molar-refractivity contribution in [3.63, 3.8) is 0 Å². The van der Waals surface area contributed by atoms with E-state index in [0.29, 0.717) is 15.8 Å². The van der Waals surface area contributed by atoms with Crippen molar-refractivity contribution in [3.8, 4) is 12.0 Å². The van der Waals surface area contributed by atoms with E-state index in [1.165, 1.54) is 12.3 Å². The first-order valence-electron chi connectivity index (χ1n) is 2.75. The molecule has 4 heteroatoms. The van der Waals surface area contributed by atoms with E-state index in [1.807, 2.05) is 0 Å². The molecule has 0 aliphatic heterocycles. The van der Waals surface area contributed by atoms with Gasteiger partial charge in [0.2, 0.25) is 0 Å². The van der Waals surface area contributed by atoms with Crippen molar-refractivity contribution in [3.05, 3.63) is 28.2 Å². The maximum Gasteiger partial charge on any atom is 0.292 e. The van der Waals surface area contributed by atoms with Gasteiger partial charge in [-0.1, -0.05) is 23.2 Å². The largest absolute Gasteiger partial charge is 0.388 e. The molecule has 0 amide bonds. The maximum absolute atomic E-state index is 8.13. The van der Waals surface area contributed by atoms with Crippen molar-refractivity contribution in [2.75, 3.05) is 0 Å². The van der Waals surface area contributed by atoms with Gasteiger partial charge in [-0.25, -0.2) is 0 Å². The Morgan fingerprint density at radius 2 is 2.00 bits per heavy atom. The van der Waals surface area contributed by atoms with Gasteiger partial charge in [0, 0.05) is 6.07 Å². The van der Waals surface area contributed by atoms with Crippen molar-refractivity contribution in [2.24, 2.45) is 0 Å². The molecule has 11 heavy (non-hydrogen) atoms. The predicted molar refractivity (Wildman–Crippen MR) is 42.7 cm³/mol. The van der Waals surface area contributed by atoms with Gasteiger partial charge in [0.15, 0.2) is 0 Å². The fraction of sp³-hybridized carbons (Fsp3) is 0. The molecular weight excluding hydrogens is 185 g/mol. The SMILES string of the molecule is N#COc1ccc(Cl)c(Cl)c1. The van der Waals surface area contributed by atoms with Gasteiger partial charge in [-0.05, 0) is 12.1 Å². The summed E-state index contributed by atoms with van der Waals surface area (Å²) in [6.07, 6.45) is 1.53. The van der Waals surface area contributed by atoms with E-state index in [-0.39, 0.29) is 0 Å². The summed E-state index contributed by atoms with van der Waals surface area (Å²) in [4.78, 5) is 0. The van der Waals surface area contributed by atoms with Crippen LogP contribution in [-0.4, -0.2) is 0 Å². The number of hydrogen-bond acceptors (Lipinski definition) is 2. The maximum atomic E-state index is 8.13. The van der Waals surface area contributed by atoms with Crippen molar-refractivity contribution in [2.45, 2.75) is 0 Å². The van der Waals surface area contributed by atoms with Gasteiger partial charge in [0.05, 0.1) is 10.0 Å². The van der Waals surface area contributed by atoms with Crippen LogP contribution in [0.4, 0.5) is 0 Å². The molecule has 0 unspecified atom stereocenters. The lowest BCUT2D eigenvalue weighted by molar-refractivity contribution is 0.507. The van der Waals surface area contributed by atoms with Crippen LogP contribution in [-0.2, 0) is 0 Å². The molecule has 0 atom stereocenters. The Bertz CT molecular complexity index is 306. The second kappa shape index (κ2) is 3.47. The van der Waals surface area contributed by atoms with Crippen LogP contribution in [0.5, 0.6) is 5.75 Å². The monoisotopic (exact) mass is 187 g/mol. The van der Waals surface area contributed by atoms with E-state index in [2.05, 4.69) is 4.74 Å². The fourth-order valence-corrected chi connectivity index (χ4v) is 0.881. The first-order valence-corrected chi connectivity index (χ1v) is 3.50. The standard InChI is InChI=1S/C7H3Cl2NO/c8-6-2-1-5(11-4-10)3-7(6)9/h1-3H. The average molecular weight is 188 g/mol. The normalized spacial score (nSPS) is 8.82. The Morgan fingerprint density at radius 3 is 2.55 bits per heavy atom. The Hall–Kier alpha value is -0.910. The Morgan fingerprint density at radius 1 is 1.27 bits per heavy atom. The molecule has 0 heterocycles. The van der Waals surface area contributed by atoms with E-state index in [9.17, 15) is 0 Å². The summed E-state index contributed by atoms with van der Waals surface area (Å²) in [5.74, 6) is 0.391. The topological polar surface area (TPSA) is 33.0 Å². The molecule has 0 aromatic heterocycles. The van der Waals surface area contributed by atoms with E-state index in [4.69, 9.17) is 28.5 Å². The highest BCUT2D eigenvalue weighted by molar-refractivity contribution is 6.42. The smallest absolute Gasteiger partial charge is 0.292 e. The molecule has 2 nitrogen and oxygen atoms in total. The molecule has 0 N–H and O–H groups in total. The molecule has 0 aliphatic carbocycles. The molecule has 0 radical (unpaired) electrons. The molecule has 0 saturated heterocycles. The number of halogens is 2. The van der Waals surface area contributed by atoms with Crippen LogP contribution in [0.15, 0.2) is 18.2 Å². The molecular formula is C7H3Cl2NO. The summed E-state index contributed by atoms with van der Waals surface area (Å²) in [7, 11) is 0. The minimum absolute atomic E-state index is 0.374. The minimum atomic E-state index is 0.374. The zero-order chi connectivity index (χ0) is 8.27. The van der Waals surface area contributed by atoms with E-state index in [1.54, 1.807) is 12.1 Å². The van der Waals surface area contributed by atoms with Crippen LogP contribution in [0.1, 0.15) is 0 Å². The van der Waals surface area contributed by atoms with Gasteiger partial charge in [-0.2, -0.15) is 0 Å². The van der Waals surface area contributed by atoms with Crippen molar-refractivity contribution < 1.29 is 4.74 Å². The number of rotatable bonds is 1. The summed E-state index contributed by atoms with van der Waals surface area (Å²) in [5, 5.41) is 8.95. The molecule has 0 spiro atoms. The molecule has 56 valence electrons. The van der Waals surface area contributed by atoms with Crippen molar-refractivity contribution in [1.82, 2.24) is 0 Å². The molecule has 1 rings (SSSR count). The molecule has 0 aliphatic rings. The predicted octanol–water partition coefficient (Wildman–Crippen LogP) is 2.85. The van der Waals surface area contributed by atoms with Crippen LogP contribution < -0.4 is 4.74 Å². The lowest BCUT2D eigenvalue weighted by atomic mass is 10.3. The molecule has 1 aromatic rings. The van der Waals surface area contributed by atoms with Crippen molar-refractivity contribution >= 4 is 23.2 Å². The van der Waals surface area contributed by atoms with E-state index >= 15 is 0 Å². The quantitative estimate of drug-likeness (QED) is 0.634. The number of hydrogen-bond donors (Lipinski definition) is 0. The van der Waals surface area contributed by atoms with E-state index < -0.39 is 0 Å². The summed E-state index contributed by atoms with van der Waals surface area (Å²) in [6, 6.07) is 4.61. The van der Waals surface area contributed by atoms with Crippen LogP contribution >= 0.6 is 23.2 Å². The summed E-state index contributed by atoms with van der Waals surface area (Å²) in [5.41, 5.74) is 0. The van der Waals surface area contributed by atoms with Crippen LogP contribution in [0, 0.1) is 11.5 Å². The molecule has 0 fully saturated rings. The number of benzene rings is 1. The third kappa shape index (κ3) is 2.01. The van der Waals surface area contributed by atoms with Gasteiger partial charge in [0.1, 0.15) is 5.75 Å². The fourth-order valence-electron chi connectivity index (χ4n) is 0.593. The Labute approximate surface area is 73.9 Å². The van der Waals surface area contributed by atoms with Gasteiger partial charge >= 0.3 is 0 Å². The first-order chi connectivity index (χ1) is 5.24. The van der Waals surface area contributed by atoms with Gasteiger partial charge in [0.25, 0.3) is 6.26 Å². The van der Waals surface area contributed by atoms with Crippen LogP contribution in [0.2, 0.25) is 10.0 Å². The van der Waals surface area contributed by atoms with Gasteiger partial charge in [-0.15, -0.1) is 5.26 Å². The highest BCUT2D eigenvalue weighted by Crippen LogP contribution is 2.25. The second-order valence-electron chi connectivity index (χ2n) is 1.77. The third-order valence-electron chi connectivity index (χ3n) is 1.05. The van der Waals surface area contributed by atoms with Crippen LogP contribution in [0.3, 0.4) is 0 Å². The summed E-state index contributed by atoms with van der Waals surface area (Å²) in [6.45, 7) is 0. The van der Waals surface area contributed by atoms with Gasteiger partial charge < -0.3 is 4.74 Å². The highest BCUT2D eigenvalue weighted by Gasteiger charge is 1.98. The molecule has 1 aromatic carbocycles. The van der Waals surface area contributed by atoms with E-state index in [0.717, 1.165) is 0 Å².